The zero-order valence-corrected chi connectivity index (χ0v) is 12.9. The van der Waals surface area contributed by atoms with Crippen LogP contribution in [0.4, 0.5) is 0 Å². The second kappa shape index (κ2) is 6.41. The summed E-state index contributed by atoms with van der Waals surface area (Å²) in [4.78, 5) is 0. The normalized spacial score (nSPS) is 12.9. The van der Waals surface area contributed by atoms with E-state index in [2.05, 4.69) is 61.1 Å². The summed E-state index contributed by atoms with van der Waals surface area (Å²) in [6, 6.07) is 4.17. The van der Waals surface area contributed by atoms with Crippen LogP contribution in [0.5, 0.6) is 5.75 Å². The zero-order valence-electron chi connectivity index (χ0n) is 11.3. The molecule has 1 unspecified atom stereocenters. The van der Waals surface area contributed by atoms with Crippen LogP contribution in [-0.2, 0) is 0 Å². The van der Waals surface area contributed by atoms with Crippen LogP contribution < -0.4 is 10.1 Å². The molecule has 0 aliphatic rings. The van der Waals surface area contributed by atoms with E-state index in [1.807, 2.05) is 7.05 Å². The number of nitrogens with one attached hydrogen (secondary N) is 1. The summed E-state index contributed by atoms with van der Waals surface area (Å²) in [5.41, 5.74) is 2.43. The third kappa shape index (κ3) is 4.00. The molecule has 96 valence electrons. The Morgan fingerprint density at radius 3 is 2.18 bits per heavy atom. The molecule has 17 heavy (non-hydrogen) atoms. The van der Waals surface area contributed by atoms with Crippen LogP contribution in [0.2, 0.25) is 0 Å². The molecule has 0 radical (unpaired) electrons. The SMILES string of the molecule is CNCC(Oc1cc(C)c(Br)c(C)c1)C(C)C. The fraction of sp³-hybridized carbons (Fsp3) is 0.571. The summed E-state index contributed by atoms with van der Waals surface area (Å²) in [6.07, 6.45) is 0.208. The minimum Gasteiger partial charge on any atom is -0.489 e. The van der Waals surface area contributed by atoms with Gasteiger partial charge in [-0.2, -0.15) is 0 Å². The summed E-state index contributed by atoms with van der Waals surface area (Å²) < 4.78 is 7.22. The van der Waals surface area contributed by atoms with Gasteiger partial charge in [-0.3, -0.25) is 0 Å². The molecule has 0 saturated carbocycles. The largest absolute Gasteiger partial charge is 0.489 e. The van der Waals surface area contributed by atoms with E-state index >= 15 is 0 Å². The van der Waals surface area contributed by atoms with Gasteiger partial charge in [0.1, 0.15) is 11.9 Å². The second-order valence-corrected chi connectivity index (χ2v) is 5.62. The predicted octanol–water partition coefficient (Wildman–Crippen LogP) is 3.69. The van der Waals surface area contributed by atoms with Crippen molar-refractivity contribution in [1.29, 1.82) is 0 Å². The molecule has 2 nitrogen and oxygen atoms in total. The topological polar surface area (TPSA) is 21.3 Å². The van der Waals surface area contributed by atoms with Gasteiger partial charge >= 0.3 is 0 Å². The lowest BCUT2D eigenvalue weighted by Gasteiger charge is -2.23. The third-order valence-corrected chi connectivity index (χ3v) is 4.10. The molecule has 0 amide bonds. The smallest absolute Gasteiger partial charge is 0.120 e. The van der Waals surface area contributed by atoms with Gasteiger partial charge in [0.2, 0.25) is 0 Å². The molecular weight excluding hydrogens is 278 g/mol. The molecule has 1 rings (SSSR count). The first-order valence-corrected chi connectivity index (χ1v) is 6.83. The Morgan fingerprint density at radius 2 is 1.76 bits per heavy atom. The molecule has 0 aromatic heterocycles. The van der Waals surface area contributed by atoms with Crippen molar-refractivity contribution in [1.82, 2.24) is 5.32 Å². The Bertz CT molecular complexity index is 353. The van der Waals surface area contributed by atoms with E-state index in [4.69, 9.17) is 4.74 Å². The van der Waals surface area contributed by atoms with Crippen molar-refractivity contribution in [3.05, 3.63) is 27.7 Å². The van der Waals surface area contributed by atoms with Crippen LogP contribution in [0.3, 0.4) is 0 Å². The summed E-state index contributed by atoms with van der Waals surface area (Å²) in [6.45, 7) is 9.41. The number of rotatable bonds is 5. The second-order valence-electron chi connectivity index (χ2n) is 4.83. The maximum atomic E-state index is 6.05. The minimum atomic E-state index is 0.208. The number of ether oxygens (including phenoxy) is 1. The standard InChI is InChI=1S/C14H22BrNO/c1-9(2)13(8-16-5)17-12-6-10(3)14(15)11(4)7-12/h6-7,9,13,16H,8H2,1-5H3. The summed E-state index contributed by atoms with van der Waals surface area (Å²) in [7, 11) is 1.96. The maximum absolute atomic E-state index is 6.05. The predicted molar refractivity (Wildman–Crippen MR) is 76.8 cm³/mol. The van der Waals surface area contributed by atoms with Crippen LogP contribution in [0, 0.1) is 19.8 Å². The van der Waals surface area contributed by atoms with E-state index in [1.54, 1.807) is 0 Å². The number of halogens is 1. The monoisotopic (exact) mass is 299 g/mol. The molecule has 1 aromatic rings. The molecule has 0 aliphatic heterocycles. The fourth-order valence-electron chi connectivity index (χ4n) is 1.76. The van der Waals surface area contributed by atoms with Gasteiger partial charge in [0.25, 0.3) is 0 Å². The lowest BCUT2D eigenvalue weighted by Crippen LogP contribution is -2.33. The Morgan fingerprint density at radius 1 is 1.24 bits per heavy atom. The van der Waals surface area contributed by atoms with Crippen molar-refractivity contribution in [2.45, 2.75) is 33.8 Å². The molecule has 0 spiro atoms. The molecule has 0 bridgehead atoms. The molecule has 1 N–H and O–H groups in total. The average molecular weight is 300 g/mol. The van der Waals surface area contributed by atoms with E-state index < -0.39 is 0 Å². The molecular formula is C14H22BrNO. The number of benzene rings is 1. The molecule has 3 heteroatoms. The van der Waals surface area contributed by atoms with Crippen LogP contribution in [0.1, 0.15) is 25.0 Å². The van der Waals surface area contributed by atoms with Gasteiger partial charge < -0.3 is 10.1 Å². The lowest BCUT2D eigenvalue weighted by atomic mass is 10.1. The summed E-state index contributed by atoms with van der Waals surface area (Å²) in [5, 5.41) is 3.18. The van der Waals surface area contributed by atoms with Crippen molar-refractivity contribution < 1.29 is 4.74 Å². The molecule has 0 fully saturated rings. The van der Waals surface area contributed by atoms with Gasteiger partial charge in [-0.15, -0.1) is 0 Å². The Labute approximate surface area is 113 Å². The van der Waals surface area contributed by atoms with E-state index in [9.17, 15) is 0 Å². The Hall–Kier alpha value is -0.540. The first kappa shape index (κ1) is 14.5. The summed E-state index contributed by atoms with van der Waals surface area (Å²) >= 11 is 3.57. The molecule has 0 saturated heterocycles. The van der Waals surface area contributed by atoms with Gasteiger partial charge in [-0.1, -0.05) is 29.8 Å². The van der Waals surface area contributed by atoms with Crippen molar-refractivity contribution in [2.75, 3.05) is 13.6 Å². The average Bonchev–Trinajstić information content (AvgIpc) is 2.25. The number of aryl methyl sites for hydroxylation is 2. The first-order valence-electron chi connectivity index (χ1n) is 6.03. The van der Waals surface area contributed by atoms with Crippen molar-refractivity contribution in [2.24, 2.45) is 5.92 Å². The molecule has 1 aromatic carbocycles. The minimum absolute atomic E-state index is 0.208. The third-order valence-electron chi connectivity index (χ3n) is 2.85. The number of hydrogen-bond acceptors (Lipinski definition) is 2. The van der Waals surface area contributed by atoms with Crippen LogP contribution >= 0.6 is 15.9 Å². The highest BCUT2D eigenvalue weighted by atomic mass is 79.9. The van der Waals surface area contributed by atoms with E-state index in [0.717, 1.165) is 12.3 Å². The van der Waals surface area contributed by atoms with E-state index in [-0.39, 0.29) is 6.10 Å². The highest BCUT2D eigenvalue weighted by Gasteiger charge is 2.15. The maximum Gasteiger partial charge on any atom is 0.120 e. The lowest BCUT2D eigenvalue weighted by molar-refractivity contribution is 0.151. The van der Waals surface area contributed by atoms with Gasteiger partial charge in [0.15, 0.2) is 0 Å². The van der Waals surface area contributed by atoms with Gasteiger partial charge in [0, 0.05) is 11.0 Å². The first-order chi connectivity index (χ1) is 7.95. The quantitative estimate of drug-likeness (QED) is 0.895. The van der Waals surface area contributed by atoms with Crippen LogP contribution in [-0.4, -0.2) is 19.7 Å². The molecule has 1 atom stereocenters. The van der Waals surface area contributed by atoms with E-state index in [1.165, 1.54) is 15.6 Å². The van der Waals surface area contributed by atoms with Gasteiger partial charge in [-0.25, -0.2) is 0 Å². The van der Waals surface area contributed by atoms with Crippen LogP contribution in [0.25, 0.3) is 0 Å². The highest BCUT2D eigenvalue weighted by Crippen LogP contribution is 2.27. The van der Waals surface area contributed by atoms with Crippen molar-refractivity contribution in [3.8, 4) is 5.75 Å². The van der Waals surface area contributed by atoms with Gasteiger partial charge in [0.05, 0.1) is 0 Å². The van der Waals surface area contributed by atoms with E-state index in [0.29, 0.717) is 5.92 Å². The molecule has 0 heterocycles. The number of likely N-dealkylation sites (N-methyl/N-ethyl adjacent to an activating group) is 1. The van der Waals surface area contributed by atoms with Gasteiger partial charge in [-0.05, 0) is 50.1 Å². The Balaban J connectivity index is 2.86. The zero-order chi connectivity index (χ0) is 13.0. The van der Waals surface area contributed by atoms with Crippen molar-refractivity contribution >= 4 is 15.9 Å². The Kier molecular flexibility index (Phi) is 5.47. The fourth-order valence-corrected chi connectivity index (χ4v) is 1.99. The highest BCUT2D eigenvalue weighted by molar-refractivity contribution is 9.10. The molecule has 0 aliphatic carbocycles. The number of hydrogen-bond donors (Lipinski definition) is 1. The van der Waals surface area contributed by atoms with Crippen molar-refractivity contribution in [3.63, 3.8) is 0 Å². The summed E-state index contributed by atoms with van der Waals surface area (Å²) in [5.74, 6) is 1.45. The van der Waals surface area contributed by atoms with Crippen LogP contribution in [0.15, 0.2) is 16.6 Å².